The fourth-order valence-corrected chi connectivity index (χ4v) is 3.25. The minimum atomic E-state index is -4.22. The van der Waals surface area contributed by atoms with Gasteiger partial charge in [-0.15, -0.1) is 0 Å². The predicted molar refractivity (Wildman–Crippen MR) is 80.0 cm³/mol. The average molecular weight is 330 g/mol. The van der Waals surface area contributed by atoms with E-state index in [1.807, 2.05) is 4.90 Å². The molecule has 1 fully saturated rings. The molecule has 1 saturated heterocycles. The van der Waals surface area contributed by atoms with E-state index in [-0.39, 0.29) is 18.8 Å². The zero-order valence-corrected chi connectivity index (χ0v) is 12.4. The van der Waals surface area contributed by atoms with Crippen LogP contribution < -0.4 is 10.2 Å². The van der Waals surface area contributed by atoms with Crippen LogP contribution in [-0.4, -0.2) is 55.3 Å². The largest absolute Gasteiger partial charge is 0.401 e. The van der Waals surface area contributed by atoms with Crippen molar-refractivity contribution in [2.45, 2.75) is 12.6 Å². The number of halogens is 3. The Morgan fingerprint density at radius 2 is 1.91 bits per heavy atom. The quantitative estimate of drug-likeness (QED) is 0.680. The van der Waals surface area contributed by atoms with Crippen LogP contribution in [0.25, 0.3) is 0 Å². The molecule has 0 atom stereocenters. The first-order valence-electron chi connectivity index (χ1n) is 7.43. The lowest BCUT2D eigenvalue weighted by Gasteiger charge is -2.36. The number of nitrogens with zero attached hydrogens (tertiary/aromatic N) is 3. The van der Waals surface area contributed by atoms with Gasteiger partial charge in [-0.3, -0.25) is 15.0 Å². The van der Waals surface area contributed by atoms with Gasteiger partial charge in [0.1, 0.15) is 5.69 Å². The molecule has 126 valence electrons. The van der Waals surface area contributed by atoms with E-state index in [4.69, 9.17) is 0 Å². The van der Waals surface area contributed by atoms with E-state index in [9.17, 15) is 23.3 Å². The van der Waals surface area contributed by atoms with Crippen molar-refractivity contribution in [2.24, 2.45) is 0 Å². The molecular weight excluding hydrogens is 313 g/mol. The maximum Gasteiger partial charge on any atom is 0.401 e. The Balaban J connectivity index is 1.81. The van der Waals surface area contributed by atoms with E-state index < -0.39 is 17.6 Å². The molecule has 0 aromatic heterocycles. The third kappa shape index (κ3) is 3.34. The van der Waals surface area contributed by atoms with Crippen LogP contribution in [0.15, 0.2) is 12.1 Å². The number of nitro benzene ring substituents is 1. The molecule has 6 nitrogen and oxygen atoms in total. The average Bonchev–Trinajstić information content (AvgIpc) is 2.93. The van der Waals surface area contributed by atoms with Crippen molar-refractivity contribution in [1.29, 1.82) is 0 Å². The topological polar surface area (TPSA) is 61.7 Å². The Morgan fingerprint density at radius 1 is 1.22 bits per heavy atom. The van der Waals surface area contributed by atoms with Crippen molar-refractivity contribution in [3.63, 3.8) is 0 Å². The summed E-state index contributed by atoms with van der Waals surface area (Å²) in [6, 6.07) is 3.17. The lowest BCUT2D eigenvalue weighted by Crippen LogP contribution is -2.49. The summed E-state index contributed by atoms with van der Waals surface area (Å²) in [7, 11) is 0. The molecule has 0 saturated carbocycles. The van der Waals surface area contributed by atoms with Crippen molar-refractivity contribution in [1.82, 2.24) is 4.90 Å². The smallest absolute Gasteiger partial charge is 0.384 e. The SMILES string of the molecule is O=[N+]([O-])c1ccc2c(c1N1CCN(CC(F)(F)F)CC1)CCN2. The molecule has 0 amide bonds. The minimum Gasteiger partial charge on any atom is -0.384 e. The van der Waals surface area contributed by atoms with Gasteiger partial charge < -0.3 is 10.2 Å². The molecule has 0 radical (unpaired) electrons. The summed E-state index contributed by atoms with van der Waals surface area (Å²) in [4.78, 5) is 14.1. The van der Waals surface area contributed by atoms with Gasteiger partial charge in [-0.05, 0) is 12.5 Å². The molecule has 0 bridgehead atoms. The fourth-order valence-electron chi connectivity index (χ4n) is 3.25. The summed E-state index contributed by atoms with van der Waals surface area (Å²) in [5, 5.41) is 14.5. The van der Waals surface area contributed by atoms with Crippen LogP contribution in [0.5, 0.6) is 0 Å². The van der Waals surface area contributed by atoms with Crippen molar-refractivity contribution in [2.75, 3.05) is 49.5 Å². The van der Waals surface area contributed by atoms with Gasteiger partial charge in [-0.1, -0.05) is 0 Å². The molecule has 3 rings (SSSR count). The number of alkyl halides is 3. The molecule has 1 N–H and O–H groups in total. The van der Waals surface area contributed by atoms with Crippen LogP contribution in [0.2, 0.25) is 0 Å². The van der Waals surface area contributed by atoms with Crippen LogP contribution in [0.1, 0.15) is 5.56 Å². The van der Waals surface area contributed by atoms with Crippen LogP contribution >= 0.6 is 0 Å². The fraction of sp³-hybridized carbons (Fsp3) is 0.571. The first-order chi connectivity index (χ1) is 10.8. The van der Waals surface area contributed by atoms with Crippen molar-refractivity contribution in [3.8, 4) is 0 Å². The number of nitrogens with one attached hydrogen (secondary N) is 1. The molecule has 2 heterocycles. The highest BCUT2D eigenvalue weighted by atomic mass is 19.4. The lowest BCUT2D eigenvalue weighted by atomic mass is 10.1. The normalized spacial score (nSPS) is 18.7. The summed E-state index contributed by atoms with van der Waals surface area (Å²) >= 11 is 0. The number of hydrogen-bond acceptors (Lipinski definition) is 5. The molecule has 2 aliphatic heterocycles. The van der Waals surface area contributed by atoms with E-state index >= 15 is 0 Å². The van der Waals surface area contributed by atoms with Gasteiger partial charge in [0.25, 0.3) is 5.69 Å². The second-order valence-corrected chi connectivity index (χ2v) is 5.77. The Kier molecular flexibility index (Phi) is 4.05. The zero-order valence-electron chi connectivity index (χ0n) is 12.4. The first kappa shape index (κ1) is 15.9. The number of hydrogen-bond donors (Lipinski definition) is 1. The minimum absolute atomic E-state index is 0.0247. The molecule has 9 heteroatoms. The maximum absolute atomic E-state index is 12.5. The summed E-state index contributed by atoms with van der Waals surface area (Å²) in [6.07, 6.45) is -3.53. The van der Waals surface area contributed by atoms with Gasteiger partial charge in [0.15, 0.2) is 0 Å². The highest BCUT2D eigenvalue weighted by Crippen LogP contribution is 2.39. The van der Waals surface area contributed by atoms with Crippen molar-refractivity contribution < 1.29 is 18.1 Å². The van der Waals surface area contributed by atoms with Crippen molar-refractivity contribution >= 4 is 17.1 Å². The number of anilines is 2. The predicted octanol–water partition coefficient (Wildman–Crippen LogP) is 2.25. The number of piperazine rings is 1. The summed E-state index contributed by atoms with van der Waals surface area (Å²) in [5.74, 6) is 0. The molecule has 0 unspecified atom stereocenters. The van der Waals surface area contributed by atoms with Gasteiger partial charge in [-0.2, -0.15) is 13.2 Å². The van der Waals surface area contributed by atoms with E-state index in [0.717, 1.165) is 17.8 Å². The van der Waals surface area contributed by atoms with Gasteiger partial charge in [-0.25, -0.2) is 0 Å². The molecule has 1 aromatic carbocycles. The molecule has 0 aliphatic carbocycles. The number of nitro groups is 1. The summed E-state index contributed by atoms with van der Waals surface area (Å²) in [5.41, 5.74) is 2.35. The molecular formula is C14H17F3N4O2. The molecule has 0 spiro atoms. The highest BCUT2D eigenvalue weighted by molar-refractivity contribution is 5.78. The molecule has 1 aromatic rings. The second-order valence-electron chi connectivity index (χ2n) is 5.77. The summed E-state index contributed by atoms with van der Waals surface area (Å²) in [6.45, 7) is 0.983. The highest BCUT2D eigenvalue weighted by Gasteiger charge is 2.34. The van der Waals surface area contributed by atoms with Gasteiger partial charge in [0.05, 0.1) is 11.5 Å². The summed E-state index contributed by atoms with van der Waals surface area (Å²) < 4.78 is 37.4. The van der Waals surface area contributed by atoms with E-state index in [1.54, 1.807) is 6.07 Å². The standard InChI is InChI=1S/C14H17F3N4O2/c15-14(16,17)9-19-5-7-20(8-6-19)13-10-3-4-18-11(10)1-2-12(13)21(22)23/h1-2,18H,3-9H2. The molecule has 2 aliphatic rings. The lowest BCUT2D eigenvalue weighted by molar-refractivity contribution is -0.384. The van der Waals surface area contributed by atoms with Gasteiger partial charge in [0.2, 0.25) is 0 Å². The van der Waals surface area contributed by atoms with Gasteiger partial charge >= 0.3 is 6.18 Å². The van der Waals surface area contributed by atoms with Crippen LogP contribution in [0.3, 0.4) is 0 Å². The third-order valence-electron chi connectivity index (χ3n) is 4.24. The van der Waals surface area contributed by atoms with E-state index in [1.165, 1.54) is 11.0 Å². The van der Waals surface area contributed by atoms with E-state index in [2.05, 4.69) is 5.32 Å². The first-order valence-corrected chi connectivity index (χ1v) is 7.43. The number of fused-ring (bicyclic) bond motifs is 1. The molecule has 23 heavy (non-hydrogen) atoms. The Bertz CT molecular complexity index is 613. The number of benzene rings is 1. The van der Waals surface area contributed by atoms with Crippen LogP contribution in [0, 0.1) is 10.1 Å². The zero-order chi connectivity index (χ0) is 16.6. The van der Waals surface area contributed by atoms with Gasteiger partial charge in [0, 0.05) is 50.0 Å². The van der Waals surface area contributed by atoms with E-state index in [0.29, 0.717) is 25.2 Å². The maximum atomic E-state index is 12.5. The van der Waals surface area contributed by atoms with Crippen LogP contribution in [0.4, 0.5) is 30.2 Å². The number of rotatable bonds is 3. The Hall–Kier alpha value is -2.03. The Morgan fingerprint density at radius 3 is 2.52 bits per heavy atom. The third-order valence-corrected chi connectivity index (χ3v) is 4.24. The van der Waals surface area contributed by atoms with Crippen molar-refractivity contribution in [3.05, 3.63) is 27.8 Å². The van der Waals surface area contributed by atoms with Crippen LogP contribution in [-0.2, 0) is 6.42 Å². The second kappa shape index (κ2) is 5.88. The Labute approximate surface area is 131 Å². The monoisotopic (exact) mass is 330 g/mol.